The number of halogens is 2. The van der Waals surface area contributed by atoms with E-state index in [1.807, 2.05) is 6.92 Å². The summed E-state index contributed by atoms with van der Waals surface area (Å²) in [7, 11) is 0. The number of nitrogens with one attached hydrogen (secondary N) is 1. The molecule has 0 radical (unpaired) electrons. The summed E-state index contributed by atoms with van der Waals surface area (Å²) in [5.74, 6) is -1.50. The van der Waals surface area contributed by atoms with Gasteiger partial charge in [-0.2, -0.15) is 0 Å². The maximum Gasteiger partial charge on any atom is 0.338 e. The Hall–Kier alpha value is -4.01. The highest BCUT2D eigenvalue weighted by Crippen LogP contribution is 2.44. The second-order valence-corrected chi connectivity index (χ2v) is 12.5. The third-order valence-corrected chi connectivity index (χ3v) is 9.12. The second kappa shape index (κ2) is 12.8. The Morgan fingerprint density at radius 3 is 2.64 bits per heavy atom. The molecular formula is C31H32F2N6O5S. The van der Waals surface area contributed by atoms with Crippen LogP contribution in [0.3, 0.4) is 0 Å². The zero-order valence-electron chi connectivity index (χ0n) is 24.6. The lowest BCUT2D eigenvalue weighted by Crippen LogP contribution is -2.34. The van der Waals surface area contributed by atoms with Crippen LogP contribution in [0.2, 0.25) is 0 Å². The summed E-state index contributed by atoms with van der Waals surface area (Å²) in [6.45, 7) is 3.46. The molecule has 0 spiro atoms. The molecule has 0 aliphatic heterocycles. The van der Waals surface area contributed by atoms with E-state index in [-0.39, 0.29) is 36.1 Å². The normalized spacial score (nSPS) is 24.1. The van der Waals surface area contributed by atoms with Gasteiger partial charge in [-0.3, -0.25) is 4.79 Å². The van der Waals surface area contributed by atoms with Gasteiger partial charge in [0.1, 0.15) is 24.1 Å². The van der Waals surface area contributed by atoms with E-state index < -0.39 is 42.0 Å². The number of thioether (sulfide) groups is 1. The molecule has 2 aromatic carbocycles. The fourth-order valence-corrected chi connectivity index (χ4v) is 6.40. The first-order valence-corrected chi connectivity index (χ1v) is 15.7. The molecule has 11 nitrogen and oxygen atoms in total. The number of nitrogens with zero attached hydrogens (tertiary/aromatic N) is 5. The van der Waals surface area contributed by atoms with Crippen LogP contribution >= 0.6 is 11.8 Å². The average molecular weight is 639 g/mol. The van der Waals surface area contributed by atoms with E-state index in [9.17, 15) is 28.6 Å². The summed E-state index contributed by atoms with van der Waals surface area (Å²) in [6.07, 6.45) is -2.16. The van der Waals surface area contributed by atoms with Crippen molar-refractivity contribution in [2.75, 3.05) is 11.1 Å². The van der Waals surface area contributed by atoms with Crippen molar-refractivity contribution < 1.29 is 33.3 Å². The molecule has 2 saturated carbocycles. The number of ketones is 1. The Morgan fingerprint density at radius 2 is 1.89 bits per heavy atom. The molecule has 2 aliphatic rings. The van der Waals surface area contributed by atoms with Gasteiger partial charge < -0.3 is 20.3 Å². The van der Waals surface area contributed by atoms with Crippen molar-refractivity contribution in [3.05, 3.63) is 70.8 Å². The Balaban J connectivity index is 1.24. The molecule has 6 rings (SSSR count). The van der Waals surface area contributed by atoms with E-state index in [1.54, 1.807) is 30.3 Å². The van der Waals surface area contributed by atoms with E-state index in [0.29, 0.717) is 39.7 Å². The van der Waals surface area contributed by atoms with E-state index >= 15 is 0 Å². The predicted octanol–water partition coefficient (Wildman–Crippen LogP) is 3.99. The number of hydrogen-bond donors (Lipinski definition) is 3. The summed E-state index contributed by atoms with van der Waals surface area (Å²) in [5.41, 5.74) is 2.07. The van der Waals surface area contributed by atoms with Gasteiger partial charge in [0.25, 0.3) is 0 Å². The molecule has 3 unspecified atom stereocenters. The van der Waals surface area contributed by atoms with Gasteiger partial charge in [-0.25, -0.2) is 28.2 Å². The van der Waals surface area contributed by atoms with Crippen LogP contribution in [0.15, 0.2) is 47.6 Å². The number of carbonyl (C=O) groups excluding carboxylic acids is 2. The molecule has 0 saturated heterocycles. The first-order valence-electron chi connectivity index (χ1n) is 14.8. The van der Waals surface area contributed by atoms with E-state index in [2.05, 4.69) is 25.6 Å². The minimum absolute atomic E-state index is 0.0342. The van der Waals surface area contributed by atoms with Crippen LogP contribution in [-0.4, -0.2) is 77.0 Å². The predicted molar refractivity (Wildman–Crippen MR) is 161 cm³/mol. The lowest BCUT2D eigenvalue weighted by atomic mass is 10.0. The monoisotopic (exact) mass is 638 g/mol. The summed E-state index contributed by atoms with van der Waals surface area (Å²) in [5, 5.41) is 34.3. The SMILES string of the molecule is CCCSc1nc(N[C@@H]2CC2c2ccc(F)c(F)c2)c2nnn([C@@H]3C[C@H](OC(=O)c4ccccc4CC(C)=O)C(O)C3O)c2n1. The number of anilines is 1. The number of benzene rings is 2. The van der Waals surface area contributed by atoms with E-state index in [4.69, 9.17) is 4.74 Å². The number of hydrogen-bond acceptors (Lipinski definition) is 11. The van der Waals surface area contributed by atoms with Crippen molar-refractivity contribution in [1.82, 2.24) is 25.0 Å². The van der Waals surface area contributed by atoms with Crippen LogP contribution in [0.25, 0.3) is 11.2 Å². The third-order valence-electron chi connectivity index (χ3n) is 8.07. The van der Waals surface area contributed by atoms with Crippen molar-refractivity contribution in [2.45, 2.75) is 81.0 Å². The highest BCUT2D eigenvalue weighted by molar-refractivity contribution is 7.99. The minimum atomic E-state index is -1.41. The smallest absolute Gasteiger partial charge is 0.338 e. The van der Waals surface area contributed by atoms with Crippen LogP contribution in [-0.2, 0) is 16.0 Å². The summed E-state index contributed by atoms with van der Waals surface area (Å²) >= 11 is 1.44. The first kappa shape index (κ1) is 31.0. The van der Waals surface area contributed by atoms with Gasteiger partial charge >= 0.3 is 5.97 Å². The molecule has 4 aromatic rings. The van der Waals surface area contributed by atoms with Crippen molar-refractivity contribution in [1.29, 1.82) is 0 Å². The molecule has 14 heteroatoms. The van der Waals surface area contributed by atoms with Gasteiger partial charge in [-0.05, 0) is 49.1 Å². The van der Waals surface area contributed by atoms with Crippen molar-refractivity contribution in [2.24, 2.45) is 0 Å². The average Bonchev–Trinajstić information content (AvgIpc) is 3.56. The summed E-state index contributed by atoms with van der Waals surface area (Å²) in [6, 6.07) is 9.57. The maximum atomic E-state index is 13.8. The number of aromatic nitrogens is 5. The molecule has 2 heterocycles. The largest absolute Gasteiger partial charge is 0.456 e. The van der Waals surface area contributed by atoms with Crippen LogP contribution in [0.1, 0.15) is 66.6 Å². The van der Waals surface area contributed by atoms with Gasteiger partial charge in [0.05, 0.1) is 11.6 Å². The lowest BCUT2D eigenvalue weighted by molar-refractivity contribution is -0.116. The molecule has 236 valence electrons. The zero-order chi connectivity index (χ0) is 31.8. The Bertz CT molecular complexity index is 1750. The van der Waals surface area contributed by atoms with Gasteiger partial charge in [-0.15, -0.1) is 5.10 Å². The number of rotatable bonds is 11. The Kier molecular flexibility index (Phi) is 8.80. The molecular weight excluding hydrogens is 606 g/mol. The standard InChI is InChI=1S/C31H32F2N6O5S/c1-3-10-45-31-35-28(34-22-13-19(22)17-8-9-20(32)21(33)12-17)25-29(36-31)39(38-37-25)23-14-24(27(42)26(23)41)44-30(43)18-7-5-4-6-16(18)11-15(2)40/h4-9,12,19,22-24,26-27,41-42H,3,10-11,13-14H2,1-2H3,(H,34,35,36)/t19?,22-,23-,24+,26?,27?/m1/s1. The van der Waals surface area contributed by atoms with Gasteiger partial charge in [-0.1, -0.05) is 48.2 Å². The fourth-order valence-electron chi connectivity index (χ4n) is 5.70. The second-order valence-electron chi connectivity index (χ2n) is 11.4. The molecule has 2 aliphatic carbocycles. The number of aliphatic hydroxyl groups excluding tert-OH is 2. The molecule has 45 heavy (non-hydrogen) atoms. The number of esters is 1. The van der Waals surface area contributed by atoms with Gasteiger partial charge in [0.2, 0.25) is 0 Å². The quantitative estimate of drug-likeness (QED) is 0.124. The van der Waals surface area contributed by atoms with Gasteiger partial charge in [0.15, 0.2) is 33.8 Å². The fraction of sp³-hybridized carbons (Fsp3) is 0.419. The van der Waals surface area contributed by atoms with Crippen molar-refractivity contribution >= 4 is 40.5 Å². The first-order chi connectivity index (χ1) is 21.6. The van der Waals surface area contributed by atoms with Gasteiger partial charge in [0, 0.05) is 30.6 Å². The number of carbonyl (C=O) groups is 2. The van der Waals surface area contributed by atoms with E-state index in [1.165, 1.54) is 29.4 Å². The highest BCUT2D eigenvalue weighted by Gasteiger charge is 2.46. The van der Waals surface area contributed by atoms with E-state index in [0.717, 1.165) is 18.2 Å². The van der Waals surface area contributed by atoms with Crippen molar-refractivity contribution in [3.63, 3.8) is 0 Å². The number of ether oxygens (including phenoxy) is 1. The number of fused-ring (bicyclic) bond motifs is 1. The van der Waals surface area contributed by atoms with Crippen LogP contribution < -0.4 is 5.32 Å². The van der Waals surface area contributed by atoms with Crippen molar-refractivity contribution in [3.8, 4) is 0 Å². The number of aliphatic hydroxyl groups is 2. The lowest BCUT2D eigenvalue weighted by Gasteiger charge is -2.18. The topological polar surface area (TPSA) is 152 Å². The summed E-state index contributed by atoms with van der Waals surface area (Å²) < 4.78 is 34.4. The number of Topliss-reactive ketones (excluding diaryl/α,β-unsaturated/α-hetero) is 1. The maximum absolute atomic E-state index is 13.8. The molecule has 3 N–H and O–H groups in total. The molecule has 6 atom stereocenters. The van der Waals surface area contributed by atoms with Crippen LogP contribution in [0, 0.1) is 11.6 Å². The summed E-state index contributed by atoms with van der Waals surface area (Å²) in [4.78, 5) is 34.1. The minimum Gasteiger partial charge on any atom is -0.456 e. The Labute approximate surface area is 261 Å². The van der Waals surface area contributed by atoms with Crippen LogP contribution in [0.5, 0.6) is 0 Å². The third kappa shape index (κ3) is 6.40. The molecule has 0 bridgehead atoms. The highest BCUT2D eigenvalue weighted by atomic mass is 32.2. The zero-order valence-corrected chi connectivity index (χ0v) is 25.4. The molecule has 2 aromatic heterocycles. The Morgan fingerprint density at radius 1 is 1.09 bits per heavy atom. The molecule has 2 fully saturated rings. The van der Waals surface area contributed by atoms with Crippen LogP contribution in [0.4, 0.5) is 14.6 Å². The molecule has 0 amide bonds.